The van der Waals surface area contributed by atoms with Gasteiger partial charge in [0.25, 0.3) is 5.91 Å². The van der Waals surface area contributed by atoms with E-state index in [1.165, 1.54) is 12.1 Å². The van der Waals surface area contributed by atoms with E-state index in [4.69, 9.17) is 9.88 Å². The van der Waals surface area contributed by atoms with Crippen LogP contribution >= 0.6 is 0 Å². The van der Waals surface area contributed by atoms with E-state index >= 15 is 0 Å². The van der Waals surface area contributed by atoms with Gasteiger partial charge in [-0.25, -0.2) is 13.6 Å². The van der Waals surface area contributed by atoms with Crippen LogP contribution in [0.15, 0.2) is 23.1 Å². The number of sulfonamides is 1. The molecule has 1 aromatic carbocycles. The first kappa shape index (κ1) is 15.0. The lowest BCUT2D eigenvalue weighted by Crippen LogP contribution is -2.31. The van der Waals surface area contributed by atoms with Crippen LogP contribution in [-0.2, 0) is 19.6 Å². The van der Waals surface area contributed by atoms with Crippen molar-refractivity contribution in [3.05, 3.63) is 23.8 Å². The van der Waals surface area contributed by atoms with E-state index in [0.29, 0.717) is 17.9 Å². The van der Waals surface area contributed by atoms with E-state index in [2.05, 4.69) is 5.32 Å². The molecule has 2 atom stereocenters. The van der Waals surface area contributed by atoms with Gasteiger partial charge in [0.05, 0.1) is 4.90 Å². The Morgan fingerprint density at radius 3 is 2.65 bits per heavy atom. The molecule has 0 bridgehead atoms. The van der Waals surface area contributed by atoms with Gasteiger partial charge in [-0.15, -0.1) is 0 Å². The predicted molar refractivity (Wildman–Crippen MR) is 74.7 cm³/mol. The van der Waals surface area contributed by atoms with Gasteiger partial charge in [0, 0.05) is 12.3 Å². The minimum absolute atomic E-state index is 0.0565. The van der Waals surface area contributed by atoms with E-state index in [9.17, 15) is 13.2 Å². The quantitative estimate of drug-likeness (QED) is 0.870. The highest BCUT2D eigenvalue weighted by Gasteiger charge is 2.30. The van der Waals surface area contributed by atoms with Crippen LogP contribution in [0.2, 0.25) is 0 Å². The van der Waals surface area contributed by atoms with E-state index < -0.39 is 16.1 Å². The largest absolute Gasteiger partial charge is 0.368 e. The van der Waals surface area contributed by atoms with Crippen LogP contribution in [0.1, 0.15) is 18.9 Å². The van der Waals surface area contributed by atoms with Crippen LogP contribution in [0.25, 0.3) is 0 Å². The molecule has 1 aromatic rings. The van der Waals surface area contributed by atoms with E-state index in [0.717, 1.165) is 6.42 Å². The molecule has 110 valence electrons. The molecule has 1 saturated heterocycles. The molecule has 0 aromatic heterocycles. The zero-order chi connectivity index (χ0) is 14.9. The molecule has 2 unspecified atom stereocenters. The van der Waals surface area contributed by atoms with Crippen LogP contribution in [0, 0.1) is 12.8 Å². The SMILES string of the molecule is Cc1cc(NC(=O)C2OCCC2C)ccc1S(N)(=O)=O. The number of carbonyl (C=O) groups excluding carboxylic acids is 1. The topological polar surface area (TPSA) is 98.5 Å². The molecule has 1 aliphatic heterocycles. The standard InChI is InChI=1S/C13H18N2O4S/c1-8-5-6-19-12(8)13(16)15-10-3-4-11(9(2)7-10)20(14,17)18/h3-4,7-8,12H,5-6H2,1-2H3,(H,15,16)(H2,14,17,18). The molecule has 1 aliphatic rings. The zero-order valence-corrected chi connectivity index (χ0v) is 12.2. The van der Waals surface area contributed by atoms with Crippen LogP contribution in [-0.4, -0.2) is 27.0 Å². The van der Waals surface area contributed by atoms with Crippen molar-refractivity contribution in [2.45, 2.75) is 31.3 Å². The van der Waals surface area contributed by atoms with Gasteiger partial charge in [0.2, 0.25) is 10.0 Å². The third-order valence-corrected chi connectivity index (χ3v) is 4.47. The van der Waals surface area contributed by atoms with Crippen LogP contribution in [0.4, 0.5) is 5.69 Å². The lowest BCUT2D eigenvalue weighted by Gasteiger charge is -2.15. The van der Waals surface area contributed by atoms with Crippen molar-refractivity contribution < 1.29 is 17.9 Å². The van der Waals surface area contributed by atoms with Gasteiger partial charge < -0.3 is 10.1 Å². The van der Waals surface area contributed by atoms with Gasteiger partial charge in [-0.05, 0) is 43.0 Å². The van der Waals surface area contributed by atoms with Gasteiger partial charge in [-0.2, -0.15) is 0 Å². The van der Waals surface area contributed by atoms with Crippen molar-refractivity contribution in [2.75, 3.05) is 11.9 Å². The lowest BCUT2D eigenvalue weighted by molar-refractivity contribution is -0.126. The maximum Gasteiger partial charge on any atom is 0.253 e. The highest BCUT2D eigenvalue weighted by atomic mass is 32.2. The molecule has 7 heteroatoms. The van der Waals surface area contributed by atoms with Gasteiger partial charge in [-0.1, -0.05) is 6.92 Å². The highest BCUT2D eigenvalue weighted by Crippen LogP contribution is 2.23. The maximum atomic E-state index is 12.0. The van der Waals surface area contributed by atoms with Gasteiger partial charge in [0.15, 0.2) is 0 Å². The van der Waals surface area contributed by atoms with Gasteiger partial charge in [0.1, 0.15) is 6.10 Å². The summed E-state index contributed by atoms with van der Waals surface area (Å²) in [6, 6.07) is 4.49. The molecule has 0 spiro atoms. The van der Waals surface area contributed by atoms with Crippen molar-refractivity contribution >= 4 is 21.6 Å². The fourth-order valence-corrected chi connectivity index (χ4v) is 3.06. The molecular weight excluding hydrogens is 280 g/mol. The minimum atomic E-state index is -3.74. The zero-order valence-electron chi connectivity index (χ0n) is 11.4. The van der Waals surface area contributed by atoms with Gasteiger partial charge >= 0.3 is 0 Å². The van der Waals surface area contributed by atoms with E-state index in [1.807, 2.05) is 6.92 Å². The first-order valence-corrected chi connectivity index (χ1v) is 7.89. The highest BCUT2D eigenvalue weighted by molar-refractivity contribution is 7.89. The Bertz CT molecular complexity index is 627. The third kappa shape index (κ3) is 3.17. The molecule has 0 aliphatic carbocycles. The Balaban J connectivity index is 2.15. The summed E-state index contributed by atoms with van der Waals surface area (Å²) in [4.78, 5) is 12.1. The molecule has 1 fully saturated rings. The average molecular weight is 298 g/mol. The molecule has 1 amide bonds. The first-order chi connectivity index (χ1) is 9.29. The number of ether oxygens (including phenoxy) is 1. The number of primary sulfonamides is 1. The number of carbonyl (C=O) groups is 1. The summed E-state index contributed by atoms with van der Waals surface area (Å²) in [7, 11) is -3.74. The van der Waals surface area contributed by atoms with Crippen LogP contribution < -0.4 is 10.5 Å². The predicted octanol–water partition coefficient (Wildman–Crippen LogP) is 1.01. The molecule has 0 radical (unpaired) electrons. The third-order valence-electron chi connectivity index (χ3n) is 3.39. The number of hydrogen-bond donors (Lipinski definition) is 2. The Morgan fingerprint density at radius 2 is 2.15 bits per heavy atom. The molecule has 20 heavy (non-hydrogen) atoms. The number of benzene rings is 1. The normalized spacial score (nSPS) is 22.8. The summed E-state index contributed by atoms with van der Waals surface area (Å²) >= 11 is 0. The summed E-state index contributed by atoms with van der Waals surface area (Å²) in [5.74, 6) is -0.0301. The monoisotopic (exact) mass is 298 g/mol. The molecule has 1 heterocycles. The molecule has 0 saturated carbocycles. The number of hydrogen-bond acceptors (Lipinski definition) is 4. The average Bonchev–Trinajstić information content (AvgIpc) is 2.73. The summed E-state index contributed by atoms with van der Waals surface area (Å²) in [6.45, 7) is 4.18. The Hall–Kier alpha value is -1.44. The van der Waals surface area contributed by atoms with Crippen LogP contribution in [0.3, 0.4) is 0 Å². The second-order valence-electron chi connectivity index (χ2n) is 5.07. The molecule has 2 rings (SSSR count). The van der Waals surface area contributed by atoms with Gasteiger partial charge in [-0.3, -0.25) is 4.79 Å². The van der Waals surface area contributed by atoms with Crippen molar-refractivity contribution in [3.63, 3.8) is 0 Å². The Kier molecular flexibility index (Phi) is 4.12. The molecule has 6 nitrogen and oxygen atoms in total. The van der Waals surface area contributed by atoms with Crippen molar-refractivity contribution in [1.29, 1.82) is 0 Å². The Labute approximate surface area is 118 Å². The number of anilines is 1. The summed E-state index contributed by atoms with van der Waals surface area (Å²) in [6.07, 6.45) is 0.412. The lowest BCUT2D eigenvalue weighted by atomic mass is 10.0. The fraction of sp³-hybridized carbons (Fsp3) is 0.462. The van der Waals surface area contributed by atoms with E-state index in [1.54, 1.807) is 13.0 Å². The Morgan fingerprint density at radius 1 is 1.45 bits per heavy atom. The second-order valence-corrected chi connectivity index (χ2v) is 6.60. The summed E-state index contributed by atoms with van der Waals surface area (Å²) in [5.41, 5.74) is 1.02. The maximum absolute atomic E-state index is 12.0. The number of rotatable bonds is 3. The fourth-order valence-electron chi connectivity index (χ4n) is 2.29. The second kappa shape index (κ2) is 5.51. The number of nitrogens with one attached hydrogen (secondary N) is 1. The summed E-state index contributed by atoms with van der Waals surface area (Å²) in [5, 5.41) is 7.83. The van der Waals surface area contributed by atoms with Crippen LogP contribution in [0.5, 0.6) is 0 Å². The first-order valence-electron chi connectivity index (χ1n) is 6.35. The molecular formula is C13H18N2O4S. The number of nitrogens with two attached hydrogens (primary N) is 1. The molecule has 3 N–H and O–H groups in total. The van der Waals surface area contributed by atoms with Crippen molar-refractivity contribution in [2.24, 2.45) is 11.1 Å². The number of amides is 1. The van der Waals surface area contributed by atoms with Crippen molar-refractivity contribution in [3.8, 4) is 0 Å². The minimum Gasteiger partial charge on any atom is -0.368 e. The van der Waals surface area contributed by atoms with E-state index in [-0.39, 0.29) is 16.7 Å². The number of aryl methyl sites for hydroxylation is 1. The van der Waals surface area contributed by atoms with Crippen molar-refractivity contribution in [1.82, 2.24) is 0 Å². The smallest absolute Gasteiger partial charge is 0.253 e. The summed E-state index contributed by atoms with van der Waals surface area (Å²) < 4.78 is 28.0.